The summed E-state index contributed by atoms with van der Waals surface area (Å²) in [4.78, 5) is 107. The fraction of sp³-hybridized carbons (Fsp3) is 0.940. The van der Waals surface area contributed by atoms with E-state index >= 15 is 0 Å². The van der Waals surface area contributed by atoms with E-state index in [0.29, 0.717) is 57.8 Å². The van der Waals surface area contributed by atoms with Gasteiger partial charge in [-0.05, 0) is 51.4 Å². The molecule has 0 radical (unpaired) electrons. The molecule has 0 saturated carbocycles. The second-order valence-corrected chi connectivity index (χ2v) is 38.2. The van der Waals surface area contributed by atoms with Gasteiger partial charge in [0.15, 0.2) is 18.7 Å². The highest BCUT2D eigenvalue weighted by atomic mass is 31.2. The number of carbonyl (C=O) groups excluding carboxylic acids is 6. The lowest BCUT2D eigenvalue weighted by atomic mass is 9.95. The van der Waals surface area contributed by atoms with E-state index in [1.807, 2.05) is 0 Å². The van der Waals surface area contributed by atoms with Crippen molar-refractivity contribution in [2.45, 2.75) is 590 Å². The van der Waals surface area contributed by atoms with Crippen molar-refractivity contribution in [1.82, 2.24) is 10.6 Å². The Bertz CT molecular complexity index is 2590. The van der Waals surface area contributed by atoms with Crippen molar-refractivity contribution < 1.29 is 101 Å². The standard InChI is InChI=1S/C100H189N2O21P/c1-7-13-19-25-31-37-39-41-43-49-55-61-67-73-91(108)117-84(71-65-59-53-47-35-29-23-17-11-5)78-90(107)102-96-98(122-93(110)76-83(105)70-64-58-52-46-34-28-22-16-10-4)97(112)88(121-100(96)123-124(113,114)115)81-116-99-95(101-89(106)75-82(104)69-63-57-51-45-33-27-21-15-9-3)87(77-86(80-103)119-99)120-94(111)79-85(72-66-60-54-48-36-30-24-18-12-6)118-92(109)74-68-62-56-50-44-42-40-38-32-26-20-14-8-2/h82-88,95-100,103-105,112H,7-81H2,1-6H3,(H,101,106)(H,102,107)(H2,113,114,115)/t82-,83-,84+,85-,86+,87+,88-,95-,96-,97-,98-,99-,100-/m1/s1. The van der Waals surface area contributed by atoms with E-state index in [0.717, 1.165) is 173 Å². The number of hydrogen-bond acceptors (Lipinski definition) is 19. The minimum Gasteiger partial charge on any atom is -0.462 e. The van der Waals surface area contributed by atoms with Gasteiger partial charge >= 0.3 is 31.7 Å². The molecule has 2 saturated heterocycles. The monoisotopic (exact) mass is 1790 g/mol. The van der Waals surface area contributed by atoms with Crippen LogP contribution in [0.25, 0.3) is 0 Å². The molecule has 2 heterocycles. The van der Waals surface area contributed by atoms with E-state index in [4.69, 9.17) is 37.7 Å². The van der Waals surface area contributed by atoms with Crippen LogP contribution in [0.4, 0.5) is 0 Å². The van der Waals surface area contributed by atoms with Gasteiger partial charge in [0.1, 0.15) is 42.6 Å². The third kappa shape index (κ3) is 65.2. The molecule has 2 rings (SSSR count). The predicted molar refractivity (Wildman–Crippen MR) is 496 cm³/mol. The second-order valence-electron chi connectivity index (χ2n) is 37.0. The Morgan fingerprint density at radius 2 is 0.669 bits per heavy atom. The molecule has 2 fully saturated rings. The Kier molecular flexibility index (Phi) is 75.8. The van der Waals surface area contributed by atoms with Crippen LogP contribution in [0.2, 0.25) is 0 Å². The lowest BCUT2D eigenvalue weighted by Gasteiger charge is -2.45. The summed E-state index contributed by atoms with van der Waals surface area (Å²) >= 11 is 0. The highest BCUT2D eigenvalue weighted by molar-refractivity contribution is 7.46. The summed E-state index contributed by atoms with van der Waals surface area (Å²) in [6.45, 7) is 11.8. The van der Waals surface area contributed by atoms with Gasteiger partial charge in [-0.15, -0.1) is 0 Å². The van der Waals surface area contributed by atoms with Crippen molar-refractivity contribution in [3.63, 3.8) is 0 Å². The molecule has 8 N–H and O–H groups in total. The molecular formula is C100H189N2O21P. The van der Waals surface area contributed by atoms with Crippen molar-refractivity contribution in [2.24, 2.45) is 0 Å². The zero-order valence-electron chi connectivity index (χ0n) is 79.8. The highest BCUT2D eigenvalue weighted by Crippen LogP contribution is 2.42. The van der Waals surface area contributed by atoms with E-state index in [9.17, 15) is 63.5 Å². The molecule has 124 heavy (non-hydrogen) atoms. The largest absolute Gasteiger partial charge is 0.472 e. The van der Waals surface area contributed by atoms with E-state index < -0.39 is 149 Å². The van der Waals surface area contributed by atoms with Crippen molar-refractivity contribution in [1.29, 1.82) is 0 Å². The number of nitrogens with one attached hydrogen (secondary N) is 2. The molecule has 0 aliphatic carbocycles. The Morgan fingerprint density at radius 3 is 1.02 bits per heavy atom. The van der Waals surface area contributed by atoms with Crippen LogP contribution in [0, 0.1) is 0 Å². The van der Waals surface area contributed by atoms with E-state index in [-0.39, 0.29) is 38.5 Å². The first-order valence-electron chi connectivity index (χ1n) is 51.9. The molecule has 0 bridgehead atoms. The number of aliphatic hydroxyl groups excluding tert-OH is 4. The Hall–Kier alpha value is -3.35. The van der Waals surface area contributed by atoms with Crippen LogP contribution in [0.3, 0.4) is 0 Å². The highest BCUT2D eigenvalue weighted by Gasteiger charge is 2.52. The van der Waals surface area contributed by atoms with Gasteiger partial charge in [-0.2, -0.15) is 0 Å². The fourth-order valence-corrected chi connectivity index (χ4v) is 17.8. The normalized spacial score (nSPS) is 19.6. The topological polar surface area (TPSA) is 339 Å². The molecule has 730 valence electrons. The summed E-state index contributed by atoms with van der Waals surface area (Å²) in [5, 5.41) is 51.9. The minimum atomic E-state index is -5.61. The number of unbranched alkanes of at least 4 members (excludes halogenated alkanes) is 56. The first kappa shape index (κ1) is 117. The maximum Gasteiger partial charge on any atom is 0.472 e. The zero-order chi connectivity index (χ0) is 90.6. The molecule has 13 atom stereocenters. The second kappa shape index (κ2) is 80.5. The lowest BCUT2D eigenvalue weighted by Crippen LogP contribution is -2.66. The molecular weight excluding hydrogens is 1600 g/mol. The van der Waals surface area contributed by atoms with Gasteiger partial charge in [0.2, 0.25) is 11.8 Å². The number of carbonyl (C=O) groups is 6. The molecule has 0 aromatic heterocycles. The van der Waals surface area contributed by atoms with Gasteiger partial charge in [-0.1, -0.05) is 414 Å². The van der Waals surface area contributed by atoms with Crippen molar-refractivity contribution >= 4 is 43.5 Å². The van der Waals surface area contributed by atoms with E-state index in [1.54, 1.807) is 0 Å². The lowest BCUT2D eigenvalue weighted by molar-refractivity contribution is -0.284. The minimum absolute atomic E-state index is 0.146. The number of ether oxygens (including phenoxy) is 7. The van der Waals surface area contributed by atoms with Gasteiger partial charge in [0, 0.05) is 19.3 Å². The van der Waals surface area contributed by atoms with Crippen LogP contribution in [-0.2, 0) is 71.0 Å². The van der Waals surface area contributed by atoms with Gasteiger partial charge in [0.05, 0.1) is 57.2 Å². The number of phosphoric ester groups is 1. The van der Waals surface area contributed by atoms with Gasteiger partial charge < -0.3 is 74.0 Å². The summed E-state index contributed by atoms with van der Waals surface area (Å²) in [5.41, 5.74) is 0. The first-order valence-corrected chi connectivity index (χ1v) is 53.4. The van der Waals surface area contributed by atoms with Crippen molar-refractivity contribution in [2.75, 3.05) is 13.2 Å². The smallest absolute Gasteiger partial charge is 0.462 e. The van der Waals surface area contributed by atoms with Crippen LogP contribution in [0.5, 0.6) is 0 Å². The number of hydrogen-bond donors (Lipinski definition) is 8. The average Bonchev–Trinajstić information content (AvgIpc) is 0.783. The third-order valence-corrected chi connectivity index (χ3v) is 25.5. The van der Waals surface area contributed by atoms with Crippen LogP contribution < -0.4 is 10.6 Å². The Morgan fingerprint density at radius 1 is 0.363 bits per heavy atom. The van der Waals surface area contributed by atoms with Gasteiger partial charge in [-0.25, -0.2) is 4.57 Å². The van der Waals surface area contributed by atoms with Crippen LogP contribution in [0.15, 0.2) is 0 Å². The van der Waals surface area contributed by atoms with Crippen LogP contribution >= 0.6 is 7.82 Å². The van der Waals surface area contributed by atoms with Crippen molar-refractivity contribution in [3.05, 3.63) is 0 Å². The Labute approximate surface area is 754 Å². The quantitative estimate of drug-likeness (QED) is 0.0121. The molecule has 2 amide bonds. The van der Waals surface area contributed by atoms with Crippen LogP contribution in [-0.4, -0.2) is 159 Å². The molecule has 0 aromatic rings. The third-order valence-electron chi connectivity index (χ3n) is 25.0. The first-order chi connectivity index (χ1) is 60.2. The Balaban J connectivity index is 2.62. The summed E-state index contributed by atoms with van der Waals surface area (Å²) in [6, 6.07) is -3.25. The van der Waals surface area contributed by atoms with Crippen LogP contribution in [0.1, 0.15) is 510 Å². The molecule has 0 unspecified atom stereocenters. The number of phosphoric acid groups is 1. The summed E-state index contributed by atoms with van der Waals surface area (Å²) in [7, 11) is -5.61. The molecule has 0 spiro atoms. The zero-order valence-corrected chi connectivity index (χ0v) is 80.7. The number of esters is 4. The van der Waals surface area contributed by atoms with E-state index in [2.05, 4.69) is 52.2 Å². The molecule has 0 aromatic carbocycles. The molecule has 2 aliphatic rings. The summed E-state index contributed by atoms with van der Waals surface area (Å²) < 4.78 is 62.1. The summed E-state index contributed by atoms with van der Waals surface area (Å²) in [6.07, 6.45) is 51.1. The molecule has 23 nitrogen and oxygen atoms in total. The maximum absolute atomic E-state index is 14.7. The molecule has 24 heteroatoms. The number of aliphatic hydroxyl groups is 4. The molecule has 2 aliphatic heterocycles. The number of amides is 2. The summed E-state index contributed by atoms with van der Waals surface area (Å²) in [5.74, 6) is -4.13. The average molecular weight is 1790 g/mol. The SMILES string of the molecule is CCCCCCCCCCCCCCCC(=O)O[C@H](CCCCCCCCCCC)CC(=O)O[C@H]1C[C@@H](CO)O[C@@H](OC[C@H]2O[C@H](OP(=O)(O)O)[C@H](NC(=O)C[C@H](CCCCCCCCCCC)OC(=O)CCCCCCCCCCCCCCC)[C@@H](OC(=O)C[C@H](O)CCCCCCCCCCC)[C@@H]2O)[C@@H]1NC(=O)C[C@H](O)CCCCCCCCCCC. The van der Waals surface area contributed by atoms with Crippen molar-refractivity contribution in [3.8, 4) is 0 Å². The predicted octanol–water partition coefficient (Wildman–Crippen LogP) is 23.9. The van der Waals surface area contributed by atoms with Gasteiger partial charge in [0.25, 0.3) is 0 Å². The fourth-order valence-electron chi connectivity index (χ4n) is 17.3. The van der Waals surface area contributed by atoms with E-state index in [1.165, 1.54) is 186 Å². The maximum atomic E-state index is 14.7. The number of rotatable bonds is 88. The van der Waals surface area contributed by atoms with Gasteiger partial charge in [-0.3, -0.25) is 33.3 Å².